The molecular weight excluding hydrogens is 439 g/mol. The van der Waals surface area contributed by atoms with Gasteiger partial charge in [0, 0.05) is 18.7 Å². The molecule has 2 rings (SSSR count). The van der Waals surface area contributed by atoms with Crippen LogP contribution in [-0.2, 0) is 14.4 Å². The van der Waals surface area contributed by atoms with Crippen molar-refractivity contribution < 1.29 is 29.0 Å². The van der Waals surface area contributed by atoms with Gasteiger partial charge < -0.3 is 20.0 Å². The van der Waals surface area contributed by atoms with Gasteiger partial charge in [-0.15, -0.1) is 0 Å². The molecule has 1 aliphatic rings. The van der Waals surface area contributed by atoms with Gasteiger partial charge in [-0.1, -0.05) is 43.6 Å². The molecule has 0 aromatic heterocycles. The first-order valence-electron chi connectivity index (χ1n) is 11.7. The summed E-state index contributed by atoms with van der Waals surface area (Å²) in [6.07, 6.45) is 12.1. The molecule has 0 amide bonds. The average molecular weight is 477 g/mol. The van der Waals surface area contributed by atoms with E-state index < -0.39 is 11.9 Å². The van der Waals surface area contributed by atoms with E-state index in [0.29, 0.717) is 24.7 Å². The SMILES string of the molecule is CC(C)CCC(/C=C/c1ccc(F)cc1)=N\OCCCN1CCCCC1.O=C(O)/C=C/C(=O)O. The van der Waals surface area contributed by atoms with Gasteiger partial charge >= 0.3 is 11.9 Å². The number of allylic oxidation sites excluding steroid dienone is 1. The van der Waals surface area contributed by atoms with Gasteiger partial charge in [-0.25, -0.2) is 14.0 Å². The van der Waals surface area contributed by atoms with Crippen molar-refractivity contribution in [1.29, 1.82) is 0 Å². The normalized spacial score (nSPS) is 14.9. The molecule has 188 valence electrons. The van der Waals surface area contributed by atoms with Crippen molar-refractivity contribution in [3.8, 4) is 0 Å². The molecule has 0 atom stereocenters. The number of hydrogen-bond acceptors (Lipinski definition) is 5. The molecule has 1 fully saturated rings. The van der Waals surface area contributed by atoms with E-state index in [0.717, 1.165) is 37.1 Å². The molecule has 0 unspecified atom stereocenters. The smallest absolute Gasteiger partial charge is 0.328 e. The number of oxime groups is 1. The first-order chi connectivity index (χ1) is 16.3. The van der Waals surface area contributed by atoms with Crippen LogP contribution in [0, 0.1) is 11.7 Å². The Labute approximate surface area is 201 Å². The van der Waals surface area contributed by atoms with Gasteiger partial charge in [0.25, 0.3) is 0 Å². The number of aliphatic carboxylic acids is 2. The molecule has 34 heavy (non-hydrogen) atoms. The molecule has 7 nitrogen and oxygen atoms in total. The third kappa shape index (κ3) is 15.7. The van der Waals surface area contributed by atoms with E-state index in [4.69, 9.17) is 15.1 Å². The zero-order valence-corrected chi connectivity index (χ0v) is 20.2. The fraction of sp³-hybridized carbons (Fsp3) is 0.500. The van der Waals surface area contributed by atoms with E-state index in [-0.39, 0.29) is 5.82 Å². The zero-order valence-electron chi connectivity index (χ0n) is 20.2. The predicted molar refractivity (Wildman–Crippen MR) is 132 cm³/mol. The first-order valence-corrected chi connectivity index (χ1v) is 11.7. The maximum atomic E-state index is 13.0. The van der Waals surface area contributed by atoms with Crippen molar-refractivity contribution in [2.75, 3.05) is 26.2 Å². The Kier molecular flexibility index (Phi) is 14.9. The summed E-state index contributed by atoms with van der Waals surface area (Å²) in [5, 5.41) is 20.0. The van der Waals surface area contributed by atoms with Crippen LogP contribution in [0.4, 0.5) is 4.39 Å². The van der Waals surface area contributed by atoms with Crippen LogP contribution >= 0.6 is 0 Å². The Bertz CT molecular complexity index is 797. The monoisotopic (exact) mass is 476 g/mol. The number of halogens is 1. The number of piperidine rings is 1. The third-order valence-electron chi connectivity index (χ3n) is 5.02. The van der Waals surface area contributed by atoms with Crippen LogP contribution in [0.5, 0.6) is 0 Å². The molecule has 0 spiro atoms. The van der Waals surface area contributed by atoms with Crippen LogP contribution in [0.15, 0.2) is 47.6 Å². The van der Waals surface area contributed by atoms with Gasteiger partial charge in [-0.3, -0.25) is 0 Å². The Morgan fingerprint density at radius 1 is 1.06 bits per heavy atom. The van der Waals surface area contributed by atoms with E-state index in [1.165, 1.54) is 44.5 Å². The van der Waals surface area contributed by atoms with Crippen LogP contribution in [-0.4, -0.2) is 59.0 Å². The van der Waals surface area contributed by atoms with Crippen LogP contribution in [0.1, 0.15) is 57.9 Å². The maximum absolute atomic E-state index is 13.0. The molecule has 1 aliphatic heterocycles. The Balaban J connectivity index is 0.000000620. The van der Waals surface area contributed by atoms with Gasteiger partial charge in [-0.05, 0) is 74.9 Å². The van der Waals surface area contributed by atoms with Crippen LogP contribution in [0.3, 0.4) is 0 Å². The summed E-state index contributed by atoms with van der Waals surface area (Å²) in [4.78, 5) is 27.2. The summed E-state index contributed by atoms with van der Waals surface area (Å²) >= 11 is 0. The topological polar surface area (TPSA) is 99.4 Å². The standard InChI is InChI=1S/C22H33FN2O.C4H4O4/c1-19(2)7-13-22(14-10-20-8-11-21(23)12-9-20)24-26-18-6-17-25-15-4-3-5-16-25;5-3(6)1-2-4(7)8/h8-12,14,19H,3-7,13,15-18H2,1-2H3;1-2H,(H,5,6)(H,7,8)/b14-10+,24-22+;2-1+. The highest BCUT2D eigenvalue weighted by atomic mass is 19.1. The number of nitrogens with zero attached hydrogens (tertiary/aromatic N) is 2. The van der Waals surface area contributed by atoms with Crippen molar-refractivity contribution in [2.24, 2.45) is 11.1 Å². The third-order valence-corrected chi connectivity index (χ3v) is 5.02. The Morgan fingerprint density at radius 3 is 2.24 bits per heavy atom. The highest BCUT2D eigenvalue weighted by Crippen LogP contribution is 2.10. The summed E-state index contributed by atoms with van der Waals surface area (Å²) in [5.41, 5.74) is 1.91. The lowest BCUT2D eigenvalue weighted by Crippen LogP contribution is -2.31. The zero-order chi connectivity index (χ0) is 25.2. The summed E-state index contributed by atoms with van der Waals surface area (Å²) in [5.74, 6) is -2.11. The summed E-state index contributed by atoms with van der Waals surface area (Å²) in [6.45, 7) is 8.63. The Morgan fingerprint density at radius 2 is 1.68 bits per heavy atom. The fourth-order valence-electron chi connectivity index (χ4n) is 3.17. The maximum Gasteiger partial charge on any atom is 0.328 e. The van der Waals surface area contributed by atoms with Gasteiger partial charge in [0.2, 0.25) is 0 Å². The molecule has 0 radical (unpaired) electrons. The molecule has 0 aliphatic carbocycles. The molecule has 1 heterocycles. The summed E-state index contributed by atoms with van der Waals surface area (Å²) in [6, 6.07) is 6.49. The largest absolute Gasteiger partial charge is 0.478 e. The number of carboxylic acid groups (broad SMARTS) is 2. The summed E-state index contributed by atoms with van der Waals surface area (Å²) in [7, 11) is 0. The number of likely N-dealkylation sites (tertiary alicyclic amines) is 1. The molecule has 1 aromatic carbocycles. The second kappa shape index (κ2) is 17.5. The second-order valence-corrected chi connectivity index (χ2v) is 8.50. The molecule has 0 saturated carbocycles. The molecule has 0 bridgehead atoms. The van der Waals surface area contributed by atoms with Crippen molar-refractivity contribution in [2.45, 2.75) is 52.4 Å². The minimum atomic E-state index is -1.26. The van der Waals surface area contributed by atoms with E-state index >= 15 is 0 Å². The summed E-state index contributed by atoms with van der Waals surface area (Å²) < 4.78 is 13.0. The lowest BCUT2D eigenvalue weighted by atomic mass is 10.0. The predicted octanol–water partition coefficient (Wildman–Crippen LogP) is 5.24. The van der Waals surface area contributed by atoms with Crippen molar-refractivity contribution in [1.82, 2.24) is 4.90 Å². The molecule has 1 saturated heterocycles. The van der Waals surface area contributed by atoms with Crippen molar-refractivity contribution in [3.05, 3.63) is 53.9 Å². The molecule has 2 N–H and O–H groups in total. The van der Waals surface area contributed by atoms with E-state index in [9.17, 15) is 14.0 Å². The second-order valence-electron chi connectivity index (χ2n) is 8.50. The number of rotatable bonds is 12. The number of hydrogen-bond donors (Lipinski definition) is 2. The van der Waals surface area contributed by atoms with E-state index in [2.05, 4.69) is 23.9 Å². The van der Waals surface area contributed by atoms with Crippen LogP contribution in [0.25, 0.3) is 6.08 Å². The van der Waals surface area contributed by atoms with Crippen LogP contribution in [0.2, 0.25) is 0 Å². The fourth-order valence-corrected chi connectivity index (χ4v) is 3.17. The lowest BCUT2D eigenvalue weighted by molar-refractivity contribution is -0.134. The Hall–Kier alpha value is -3.00. The van der Waals surface area contributed by atoms with Gasteiger partial charge in [-0.2, -0.15) is 0 Å². The van der Waals surface area contributed by atoms with E-state index in [1.54, 1.807) is 12.1 Å². The van der Waals surface area contributed by atoms with Crippen molar-refractivity contribution in [3.63, 3.8) is 0 Å². The lowest BCUT2D eigenvalue weighted by Gasteiger charge is -2.25. The highest BCUT2D eigenvalue weighted by molar-refractivity contribution is 5.97. The van der Waals surface area contributed by atoms with Crippen LogP contribution < -0.4 is 0 Å². The number of carboxylic acids is 2. The number of benzene rings is 1. The van der Waals surface area contributed by atoms with Gasteiger partial charge in [0.05, 0.1) is 5.71 Å². The number of carbonyl (C=O) groups is 2. The average Bonchev–Trinajstić information content (AvgIpc) is 2.81. The quantitative estimate of drug-likeness (QED) is 0.185. The van der Waals surface area contributed by atoms with E-state index in [1.807, 2.05) is 12.2 Å². The van der Waals surface area contributed by atoms with Gasteiger partial charge in [0.15, 0.2) is 0 Å². The molecular formula is C26H37FN2O5. The van der Waals surface area contributed by atoms with Gasteiger partial charge in [0.1, 0.15) is 12.4 Å². The molecule has 1 aromatic rings. The minimum absolute atomic E-state index is 0.215. The highest BCUT2D eigenvalue weighted by Gasteiger charge is 2.09. The first kappa shape index (κ1) is 29.0. The van der Waals surface area contributed by atoms with Crippen molar-refractivity contribution >= 4 is 23.7 Å². The minimum Gasteiger partial charge on any atom is -0.478 e. The molecule has 8 heteroatoms.